The molecule has 1 aliphatic rings. The Bertz CT molecular complexity index is 1710. The van der Waals surface area contributed by atoms with E-state index in [1.54, 1.807) is 0 Å². The van der Waals surface area contributed by atoms with E-state index in [9.17, 15) is 10.2 Å². The topological polar surface area (TPSA) is 65.2 Å². The molecule has 70 heavy (non-hydrogen) atoms. The minimum atomic E-state index is -0.0115. The fraction of sp³-hybridized carbons (Fsp3) is 0.781. The van der Waals surface area contributed by atoms with Crippen LogP contribution in [0.15, 0.2) is 34.3 Å². The third-order valence-electron chi connectivity index (χ3n) is 17.4. The minimum absolute atomic E-state index is 0.0115. The second-order valence-corrected chi connectivity index (χ2v) is 23.6. The van der Waals surface area contributed by atoms with Gasteiger partial charge in [0.25, 0.3) is 0 Å². The van der Waals surface area contributed by atoms with Crippen LogP contribution < -0.4 is 0 Å². The summed E-state index contributed by atoms with van der Waals surface area (Å²) in [6.07, 6.45) is 35.6. The van der Waals surface area contributed by atoms with E-state index in [-0.39, 0.29) is 22.9 Å². The van der Waals surface area contributed by atoms with Gasteiger partial charge < -0.3 is 19.2 Å². The molecule has 0 radical (unpaired) electrons. The van der Waals surface area contributed by atoms with Gasteiger partial charge in [0.1, 0.15) is 11.5 Å². The van der Waals surface area contributed by atoms with Gasteiger partial charge in [0.15, 0.2) is 0 Å². The Morgan fingerprint density at radius 3 is 1.00 bits per heavy atom. The van der Waals surface area contributed by atoms with Gasteiger partial charge in [0.05, 0.1) is 64.4 Å². The number of aliphatic imine (C=N–C) groups is 2. The lowest BCUT2D eigenvalue weighted by Gasteiger charge is -2.42. The molecule has 1 fully saturated rings. The zero-order chi connectivity index (χ0) is 51.5. The highest BCUT2D eigenvalue weighted by Gasteiger charge is 2.34. The molecule has 0 bridgehead atoms. The van der Waals surface area contributed by atoms with Crippen molar-refractivity contribution < 1.29 is 19.2 Å². The summed E-state index contributed by atoms with van der Waals surface area (Å²) in [4.78, 5) is 10.6. The maximum atomic E-state index is 11.8. The first-order chi connectivity index (χ1) is 33.7. The molecule has 6 heteroatoms. The van der Waals surface area contributed by atoms with Crippen LogP contribution >= 0.6 is 0 Å². The second kappa shape index (κ2) is 32.5. The number of quaternary nitrogens is 2. The van der Waals surface area contributed by atoms with Crippen LogP contribution in [-0.4, -0.2) is 96.1 Å². The van der Waals surface area contributed by atoms with E-state index in [0.29, 0.717) is 11.5 Å². The number of rotatable bonds is 38. The van der Waals surface area contributed by atoms with E-state index >= 15 is 0 Å². The van der Waals surface area contributed by atoms with Gasteiger partial charge in [-0.1, -0.05) is 158 Å². The van der Waals surface area contributed by atoms with Crippen LogP contribution in [0.1, 0.15) is 270 Å². The van der Waals surface area contributed by atoms with Crippen LogP contribution in [0.3, 0.4) is 0 Å². The lowest BCUT2D eigenvalue weighted by molar-refractivity contribution is -0.929. The molecule has 2 unspecified atom stereocenters. The molecule has 1 aliphatic carbocycles. The number of hydrogen-bond donors (Lipinski definition) is 2. The summed E-state index contributed by atoms with van der Waals surface area (Å²) in [6, 6.07) is 9.18. The molecule has 0 aliphatic heterocycles. The highest BCUT2D eigenvalue weighted by atomic mass is 16.3. The lowest BCUT2D eigenvalue weighted by atomic mass is 9.73. The molecule has 6 nitrogen and oxygen atoms in total. The van der Waals surface area contributed by atoms with Crippen molar-refractivity contribution in [3.05, 3.63) is 57.6 Å². The van der Waals surface area contributed by atoms with Gasteiger partial charge in [0, 0.05) is 23.6 Å². The third-order valence-corrected chi connectivity index (χ3v) is 17.4. The molecule has 2 atom stereocenters. The summed E-state index contributed by atoms with van der Waals surface area (Å²) >= 11 is 0. The molecule has 0 aromatic heterocycles. The molecular formula is C64H114N4O2+2. The Balaban J connectivity index is 2.05. The Kier molecular flexibility index (Phi) is 28.6. The van der Waals surface area contributed by atoms with E-state index in [1.165, 1.54) is 201 Å². The number of unbranched alkanes of at least 4 members (excludes halogenated alkanes) is 8. The summed E-state index contributed by atoms with van der Waals surface area (Å²) in [6.45, 7) is 38.3. The lowest BCUT2D eigenvalue weighted by Crippen LogP contribution is -2.51. The van der Waals surface area contributed by atoms with Crippen molar-refractivity contribution in [2.24, 2.45) is 9.98 Å². The van der Waals surface area contributed by atoms with Crippen LogP contribution in [0, 0.1) is 13.8 Å². The normalized spacial score (nSPS) is 16.3. The summed E-state index contributed by atoms with van der Waals surface area (Å²) in [7, 11) is 0. The fourth-order valence-corrected chi connectivity index (χ4v) is 12.2. The number of nitrogens with zero attached hydrogens (tertiary/aromatic N) is 4. The van der Waals surface area contributed by atoms with Crippen LogP contribution in [0.25, 0.3) is 0 Å². The smallest absolute Gasteiger partial charge is 0.127 e. The van der Waals surface area contributed by atoms with E-state index in [0.717, 1.165) is 60.8 Å². The molecule has 1 saturated carbocycles. The summed E-state index contributed by atoms with van der Waals surface area (Å²) in [5, 5.41) is 23.2. The van der Waals surface area contributed by atoms with Crippen LogP contribution in [0.5, 0.6) is 11.5 Å². The number of hydrogen-bond acceptors (Lipinski definition) is 4. The summed E-state index contributed by atoms with van der Waals surface area (Å²) in [5.74, 6) is 0.706. The molecule has 400 valence electrons. The molecule has 2 N–H and O–H groups in total. The minimum Gasteiger partial charge on any atom is -0.507 e. The Morgan fingerprint density at radius 1 is 0.443 bits per heavy atom. The number of aromatic hydroxyl groups is 2. The molecule has 3 rings (SSSR count). The number of aryl methyl sites for hydroxylation is 2. The van der Waals surface area contributed by atoms with E-state index in [2.05, 4.69) is 100 Å². The van der Waals surface area contributed by atoms with E-state index in [1.807, 2.05) is 19.4 Å². The van der Waals surface area contributed by atoms with Gasteiger partial charge in [-0.3, -0.25) is 9.98 Å². The highest BCUT2D eigenvalue weighted by Crippen LogP contribution is 2.40. The van der Waals surface area contributed by atoms with Crippen molar-refractivity contribution >= 4 is 12.4 Å². The summed E-state index contributed by atoms with van der Waals surface area (Å²) < 4.78 is 2.58. The van der Waals surface area contributed by atoms with Gasteiger partial charge in [0.2, 0.25) is 0 Å². The zero-order valence-corrected chi connectivity index (χ0v) is 48.3. The fourth-order valence-electron chi connectivity index (χ4n) is 12.2. The molecular weight excluding hydrogens is 857 g/mol. The number of phenols is 2. The Labute approximate surface area is 434 Å². The first kappa shape index (κ1) is 61.6. The third kappa shape index (κ3) is 19.3. The van der Waals surface area contributed by atoms with E-state index < -0.39 is 0 Å². The highest BCUT2D eigenvalue weighted by molar-refractivity contribution is 5.86. The van der Waals surface area contributed by atoms with E-state index in [4.69, 9.17) is 9.98 Å². The molecule has 2 aromatic rings. The molecule has 0 amide bonds. The standard InChI is InChI=1S/C64H112N4O2/c1-13-21-35-63(11,36-22-14-2)57-47-53(9)61(69)55(49-57)51-65-59-33-29-30-34-60(59)66-52-56-50-58(48-54(10)62(56)70)64(12,37-31-45-67(39-23-15-3,40-24-16-4)41-25-17-5)38-32-46-68(42-26-18-6,43-27-19-7)44-28-20-8/h47-52,59-60H,13-46H2,1-12H3/p+2. The van der Waals surface area contributed by atoms with Gasteiger partial charge in [-0.2, -0.15) is 0 Å². The average Bonchev–Trinajstić information content (AvgIpc) is 3.36. The van der Waals surface area contributed by atoms with Gasteiger partial charge >= 0.3 is 0 Å². The maximum absolute atomic E-state index is 11.8. The van der Waals surface area contributed by atoms with Crippen molar-refractivity contribution in [2.75, 3.05) is 52.4 Å². The first-order valence-corrected chi connectivity index (χ1v) is 30.1. The van der Waals surface area contributed by atoms with Crippen molar-refractivity contribution in [3.63, 3.8) is 0 Å². The SMILES string of the molecule is CCCCC(C)(CCCC)c1cc(C)c(O)c(C=NC2CCCCC2N=Cc2cc(C(C)(CCC[N+](CCCC)(CCCC)CCCC)CCC[N+](CCCC)(CCCC)CCCC)cc(C)c2O)c1. The second-order valence-electron chi connectivity index (χ2n) is 23.6. The number of phenolic OH excluding ortho intramolecular Hbond substituents is 2. The van der Waals surface area contributed by atoms with Gasteiger partial charge in [-0.15, -0.1) is 0 Å². The van der Waals surface area contributed by atoms with Crippen molar-refractivity contribution in [2.45, 2.75) is 273 Å². The van der Waals surface area contributed by atoms with Crippen LogP contribution in [0.4, 0.5) is 0 Å². The Morgan fingerprint density at radius 2 is 0.714 bits per heavy atom. The molecule has 2 aromatic carbocycles. The van der Waals surface area contributed by atoms with Crippen LogP contribution in [-0.2, 0) is 10.8 Å². The monoisotopic (exact) mass is 971 g/mol. The number of benzene rings is 2. The largest absolute Gasteiger partial charge is 0.507 e. The molecule has 0 spiro atoms. The van der Waals surface area contributed by atoms with Gasteiger partial charge in [-0.25, -0.2) is 0 Å². The Hall–Kier alpha value is -2.70. The quantitative estimate of drug-likeness (QED) is 0.0520. The van der Waals surface area contributed by atoms with Crippen molar-refractivity contribution in [1.29, 1.82) is 0 Å². The average molecular weight is 972 g/mol. The first-order valence-electron chi connectivity index (χ1n) is 30.1. The van der Waals surface area contributed by atoms with Crippen molar-refractivity contribution in [1.82, 2.24) is 0 Å². The summed E-state index contributed by atoms with van der Waals surface area (Å²) in [5.41, 5.74) is 6.34. The van der Waals surface area contributed by atoms with Crippen molar-refractivity contribution in [3.8, 4) is 11.5 Å². The molecule has 0 heterocycles. The predicted octanol–water partition coefficient (Wildman–Crippen LogP) is 17.5. The molecule has 0 saturated heterocycles. The predicted molar refractivity (Wildman–Crippen MR) is 308 cm³/mol. The maximum Gasteiger partial charge on any atom is 0.127 e. The van der Waals surface area contributed by atoms with Gasteiger partial charge in [-0.05, 0) is 149 Å². The zero-order valence-electron chi connectivity index (χ0n) is 48.3. The van der Waals surface area contributed by atoms with Crippen LogP contribution in [0.2, 0.25) is 0 Å².